The molecule has 0 spiro atoms. The lowest BCUT2D eigenvalue weighted by atomic mass is 9.87. The van der Waals surface area contributed by atoms with Crippen LogP contribution in [0.15, 0.2) is 65.6 Å². The molecule has 0 saturated heterocycles. The van der Waals surface area contributed by atoms with Gasteiger partial charge in [0.15, 0.2) is 0 Å². The molecule has 0 radical (unpaired) electrons. The van der Waals surface area contributed by atoms with E-state index in [-0.39, 0.29) is 16.2 Å². The van der Waals surface area contributed by atoms with Crippen LogP contribution in [0.1, 0.15) is 68.6 Å². The first-order chi connectivity index (χ1) is 16.8. The predicted molar refractivity (Wildman–Crippen MR) is 146 cm³/mol. The highest BCUT2D eigenvalue weighted by Crippen LogP contribution is 2.33. The van der Waals surface area contributed by atoms with Crippen LogP contribution in [0.5, 0.6) is 5.75 Å². The van der Waals surface area contributed by atoms with E-state index in [0.29, 0.717) is 18.6 Å². The van der Waals surface area contributed by atoms with Crippen molar-refractivity contribution in [2.75, 3.05) is 6.61 Å². The number of carbonyl (C=O) groups is 1. The number of hydrogen-bond donors (Lipinski definition) is 1. The second kappa shape index (κ2) is 10.9. The third-order valence-electron chi connectivity index (χ3n) is 5.98. The molecule has 0 bridgehead atoms. The maximum Gasteiger partial charge on any atom is 0.265 e. The van der Waals surface area contributed by atoms with Gasteiger partial charge in [-0.05, 0) is 78.6 Å². The van der Waals surface area contributed by atoms with E-state index in [1.165, 1.54) is 0 Å². The highest BCUT2D eigenvalue weighted by Gasteiger charge is 2.23. The zero-order valence-electron chi connectivity index (χ0n) is 22.3. The molecular weight excluding hydrogens is 470 g/mol. The Bertz CT molecular complexity index is 1330. The number of benzene rings is 3. The topological polar surface area (TPSA) is 72.5 Å². The van der Waals surface area contributed by atoms with E-state index in [2.05, 4.69) is 45.4 Å². The van der Waals surface area contributed by atoms with Crippen LogP contribution >= 0.6 is 0 Å². The summed E-state index contributed by atoms with van der Waals surface area (Å²) in [5.74, 6) is 0.417. The number of ether oxygens (including phenoxy) is 1. The highest BCUT2D eigenvalue weighted by molar-refractivity contribution is 7.90. The van der Waals surface area contributed by atoms with Gasteiger partial charge in [-0.1, -0.05) is 70.5 Å². The van der Waals surface area contributed by atoms with Crippen LogP contribution in [0, 0.1) is 12.8 Å². The second-order valence-electron chi connectivity index (χ2n) is 10.6. The summed E-state index contributed by atoms with van der Waals surface area (Å²) in [4.78, 5) is 13.3. The quantitative estimate of drug-likeness (QED) is 0.369. The van der Waals surface area contributed by atoms with Gasteiger partial charge < -0.3 is 4.74 Å². The Kier molecular flexibility index (Phi) is 8.29. The molecule has 0 fully saturated rings. The van der Waals surface area contributed by atoms with Gasteiger partial charge in [-0.25, -0.2) is 13.1 Å². The van der Waals surface area contributed by atoms with Crippen molar-refractivity contribution < 1.29 is 17.9 Å². The van der Waals surface area contributed by atoms with Crippen molar-refractivity contribution in [3.63, 3.8) is 0 Å². The fourth-order valence-electron chi connectivity index (χ4n) is 4.11. The molecule has 3 rings (SSSR count). The molecule has 0 heterocycles. The molecular formula is C30H37NO4S. The van der Waals surface area contributed by atoms with Crippen LogP contribution in [-0.4, -0.2) is 20.9 Å². The molecule has 1 N–H and O–H groups in total. The van der Waals surface area contributed by atoms with Gasteiger partial charge in [0.1, 0.15) is 5.75 Å². The molecule has 0 aliphatic carbocycles. The lowest BCUT2D eigenvalue weighted by Crippen LogP contribution is -2.31. The van der Waals surface area contributed by atoms with E-state index in [9.17, 15) is 13.2 Å². The lowest BCUT2D eigenvalue weighted by Gasteiger charge is -2.19. The van der Waals surface area contributed by atoms with E-state index in [1.807, 2.05) is 38.1 Å². The Labute approximate surface area is 216 Å². The summed E-state index contributed by atoms with van der Waals surface area (Å²) < 4.78 is 34.1. The number of nitrogens with one attached hydrogen (secondary N) is 1. The Balaban J connectivity index is 1.96. The van der Waals surface area contributed by atoms with Crippen molar-refractivity contribution >= 4 is 15.9 Å². The van der Waals surface area contributed by atoms with Crippen LogP contribution in [0.2, 0.25) is 0 Å². The van der Waals surface area contributed by atoms with E-state index in [4.69, 9.17) is 4.74 Å². The first-order valence-electron chi connectivity index (χ1n) is 12.4. The Morgan fingerprint density at radius 1 is 0.972 bits per heavy atom. The molecule has 192 valence electrons. The van der Waals surface area contributed by atoms with E-state index >= 15 is 0 Å². The van der Waals surface area contributed by atoms with Gasteiger partial charge in [0, 0.05) is 11.1 Å². The summed E-state index contributed by atoms with van der Waals surface area (Å²) in [5, 5.41) is 0. The van der Waals surface area contributed by atoms with Crippen LogP contribution in [0.25, 0.3) is 11.1 Å². The van der Waals surface area contributed by atoms with Crippen LogP contribution in [0.3, 0.4) is 0 Å². The van der Waals surface area contributed by atoms with E-state index in [1.54, 1.807) is 30.3 Å². The zero-order valence-corrected chi connectivity index (χ0v) is 23.1. The minimum atomic E-state index is -4.02. The number of aryl methyl sites for hydroxylation is 1. The maximum atomic E-state index is 13.2. The molecule has 1 amide bonds. The van der Waals surface area contributed by atoms with Gasteiger partial charge in [-0.2, -0.15) is 0 Å². The molecule has 0 saturated carbocycles. The number of hydrogen-bond acceptors (Lipinski definition) is 4. The van der Waals surface area contributed by atoms with Crippen LogP contribution in [-0.2, 0) is 21.9 Å². The number of carbonyl (C=O) groups excluding carboxylic acids is 1. The van der Waals surface area contributed by atoms with Crippen molar-refractivity contribution in [2.24, 2.45) is 5.92 Å². The third kappa shape index (κ3) is 6.55. The minimum absolute atomic E-state index is 0.0620. The molecule has 0 atom stereocenters. The molecule has 3 aromatic rings. The largest absolute Gasteiger partial charge is 0.493 e. The number of sulfonamides is 1. The predicted octanol–water partition coefficient (Wildman–Crippen LogP) is 6.68. The lowest BCUT2D eigenvalue weighted by molar-refractivity contribution is 0.0980. The summed E-state index contributed by atoms with van der Waals surface area (Å²) in [6.07, 6.45) is 0.632. The molecule has 5 nitrogen and oxygen atoms in total. The molecule has 0 aliphatic rings. The zero-order chi connectivity index (χ0) is 26.7. The fraction of sp³-hybridized carbons (Fsp3) is 0.367. The number of rotatable bonds is 8. The SMILES string of the molecule is CCOc1ccc(C)cc1-c1ccc(C(=O)NS(=O)(=O)c2ccc(C(C)(C)C)cc2)c(CC(C)C)c1. The van der Waals surface area contributed by atoms with Gasteiger partial charge >= 0.3 is 0 Å². The summed E-state index contributed by atoms with van der Waals surface area (Å²) in [6, 6.07) is 18.2. The van der Waals surface area contributed by atoms with Crippen molar-refractivity contribution in [2.45, 2.75) is 65.2 Å². The molecule has 6 heteroatoms. The summed E-state index contributed by atoms with van der Waals surface area (Å²) in [5.41, 5.74) is 5.04. The minimum Gasteiger partial charge on any atom is -0.493 e. The molecule has 0 aromatic heterocycles. The van der Waals surface area contributed by atoms with E-state index in [0.717, 1.165) is 33.6 Å². The highest BCUT2D eigenvalue weighted by atomic mass is 32.2. The average Bonchev–Trinajstić information content (AvgIpc) is 2.79. The maximum absolute atomic E-state index is 13.2. The molecule has 0 unspecified atom stereocenters. The standard InChI is InChI=1S/C30H37NO4S/c1-8-35-28-16-9-21(4)18-27(28)22-10-15-26(23(19-22)17-20(2)3)29(32)31-36(33,34)25-13-11-24(12-14-25)30(5,6)7/h9-16,18-20H,8,17H2,1-7H3,(H,31,32). The summed E-state index contributed by atoms with van der Waals surface area (Å²) in [7, 11) is -4.02. The van der Waals surface area contributed by atoms with Crippen molar-refractivity contribution in [1.29, 1.82) is 0 Å². The van der Waals surface area contributed by atoms with Gasteiger partial charge in [0.05, 0.1) is 11.5 Å². The monoisotopic (exact) mass is 507 g/mol. The van der Waals surface area contributed by atoms with E-state index < -0.39 is 15.9 Å². The second-order valence-corrected chi connectivity index (χ2v) is 12.3. The van der Waals surface area contributed by atoms with Gasteiger partial charge in [0.2, 0.25) is 0 Å². The Morgan fingerprint density at radius 2 is 1.64 bits per heavy atom. The summed E-state index contributed by atoms with van der Waals surface area (Å²) >= 11 is 0. The van der Waals surface area contributed by atoms with Crippen molar-refractivity contribution in [1.82, 2.24) is 4.72 Å². The van der Waals surface area contributed by atoms with Gasteiger partial charge in [0.25, 0.3) is 15.9 Å². The normalized spacial score (nSPS) is 12.0. The van der Waals surface area contributed by atoms with Gasteiger partial charge in [-0.15, -0.1) is 0 Å². The first kappa shape index (κ1) is 27.5. The fourth-order valence-corrected chi connectivity index (χ4v) is 5.08. The number of amides is 1. The summed E-state index contributed by atoms with van der Waals surface area (Å²) in [6.45, 7) is 14.8. The molecule has 36 heavy (non-hydrogen) atoms. The van der Waals surface area contributed by atoms with Crippen molar-refractivity contribution in [3.8, 4) is 16.9 Å². The molecule has 3 aromatic carbocycles. The third-order valence-corrected chi connectivity index (χ3v) is 7.33. The Hall–Kier alpha value is -3.12. The molecule has 0 aliphatic heterocycles. The smallest absolute Gasteiger partial charge is 0.265 e. The van der Waals surface area contributed by atoms with Crippen LogP contribution in [0.4, 0.5) is 0 Å². The van der Waals surface area contributed by atoms with Gasteiger partial charge in [-0.3, -0.25) is 4.79 Å². The van der Waals surface area contributed by atoms with Crippen molar-refractivity contribution in [3.05, 3.63) is 82.9 Å². The Morgan fingerprint density at radius 3 is 2.22 bits per heavy atom. The first-order valence-corrected chi connectivity index (χ1v) is 13.8. The average molecular weight is 508 g/mol. The van der Waals surface area contributed by atoms with Crippen LogP contribution < -0.4 is 9.46 Å².